The summed E-state index contributed by atoms with van der Waals surface area (Å²) in [7, 11) is 0. The largest absolute Gasteiger partial charge is 0.342 e. The summed E-state index contributed by atoms with van der Waals surface area (Å²) in [5, 5.41) is 5.82. The standard InChI is InChI=1S/C13H10F4N4O3S/c1-2-6(25-12-11(23)19-13(24)21-20-12)10(22)18-9-7(16)4(14)3-5(15)8(9)17/h3,6H,2H2,1H3,(H,18,22)(H2,19,21,23,24)/t6-/m0/s1. The molecule has 2 aromatic rings. The minimum atomic E-state index is -1.76. The Hall–Kier alpha value is -2.63. The number of nitrogens with zero attached hydrogens (tertiary/aromatic N) is 1. The van der Waals surface area contributed by atoms with Crippen molar-refractivity contribution in [2.75, 3.05) is 5.32 Å². The maximum atomic E-state index is 13.6. The molecule has 1 heterocycles. The number of aromatic nitrogens is 3. The third kappa shape index (κ3) is 4.07. The number of rotatable bonds is 5. The minimum absolute atomic E-state index is 0.0101. The number of anilines is 1. The van der Waals surface area contributed by atoms with Gasteiger partial charge in [0.25, 0.3) is 5.56 Å². The zero-order valence-electron chi connectivity index (χ0n) is 12.5. The first-order valence-electron chi connectivity index (χ1n) is 6.74. The zero-order valence-corrected chi connectivity index (χ0v) is 13.3. The number of halogens is 4. The van der Waals surface area contributed by atoms with Crippen LogP contribution in [0.1, 0.15) is 13.3 Å². The molecule has 3 N–H and O–H groups in total. The smallest absolute Gasteiger partial charge is 0.320 e. The number of carbonyl (C=O) groups excluding carboxylic acids is 1. The molecule has 0 saturated heterocycles. The summed E-state index contributed by atoms with van der Waals surface area (Å²) in [5.74, 6) is -7.87. The number of hydrogen-bond donors (Lipinski definition) is 3. The molecule has 1 atom stereocenters. The molecule has 0 bridgehead atoms. The highest BCUT2D eigenvalue weighted by Gasteiger charge is 2.25. The molecular formula is C13H10F4N4O3S. The molecule has 12 heteroatoms. The molecular weight excluding hydrogens is 368 g/mol. The van der Waals surface area contributed by atoms with Gasteiger partial charge < -0.3 is 5.32 Å². The Morgan fingerprint density at radius 2 is 1.84 bits per heavy atom. The molecule has 1 aromatic heterocycles. The molecule has 1 amide bonds. The number of benzene rings is 1. The second-order valence-corrected chi connectivity index (χ2v) is 5.85. The Morgan fingerprint density at radius 1 is 1.24 bits per heavy atom. The predicted molar refractivity (Wildman–Crippen MR) is 80.3 cm³/mol. The van der Waals surface area contributed by atoms with Gasteiger partial charge in [-0.3, -0.25) is 14.6 Å². The number of nitrogens with one attached hydrogen (secondary N) is 3. The van der Waals surface area contributed by atoms with Gasteiger partial charge in [-0.25, -0.2) is 27.5 Å². The maximum Gasteiger partial charge on any atom is 0.342 e. The predicted octanol–water partition coefficient (Wildman–Crippen LogP) is 1.52. The lowest BCUT2D eigenvalue weighted by atomic mass is 10.2. The van der Waals surface area contributed by atoms with Crippen LogP contribution in [0.4, 0.5) is 23.2 Å². The van der Waals surface area contributed by atoms with Crippen LogP contribution < -0.4 is 16.6 Å². The molecule has 0 aliphatic heterocycles. The average molecular weight is 378 g/mol. The molecule has 0 aliphatic carbocycles. The Labute approximate surface area is 140 Å². The van der Waals surface area contributed by atoms with Crippen LogP contribution in [0.2, 0.25) is 0 Å². The fourth-order valence-corrected chi connectivity index (χ4v) is 2.62. The monoisotopic (exact) mass is 378 g/mol. The van der Waals surface area contributed by atoms with Crippen molar-refractivity contribution in [1.29, 1.82) is 0 Å². The molecule has 0 saturated carbocycles. The van der Waals surface area contributed by atoms with E-state index in [9.17, 15) is 31.9 Å². The molecule has 0 radical (unpaired) electrons. The number of aromatic amines is 2. The maximum absolute atomic E-state index is 13.6. The van der Waals surface area contributed by atoms with Crippen molar-refractivity contribution in [1.82, 2.24) is 15.2 Å². The second kappa shape index (κ2) is 7.51. The Kier molecular flexibility index (Phi) is 5.62. The van der Waals surface area contributed by atoms with Crippen molar-refractivity contribution >= 4 is 23.4 Å². The van der Waals surface area contributed by atoms with Crippen LogP contribution in [0.15, 0.2) is 20.7 Å². The van der Waals surface area contributed by atoms with Crippen molar-refractivity contribution in [3.8, 4) is 0 Å². The summed E-state index contributed by atoms with van der Waals surface area (Å²) in [6, 6.07) is 0.0101. The lowest BCUT2D eigenvalue weighted by Gasteiger charge is -2.15. The van der Waals surface area contributed by atoms with E-state index in [-0.39, 0.29) is 17.5 Å². The number of carbonyl (C=O) groups is 1. The third-order valence-electron chi connectivity index (χ3n) is 2.96. The van der Waals surface area contributed by atoms with Crippen LogP contribution in [0.3, 0.4) is 0 Å². The summed E-state index contributed by atoms with van der Waals surface area (Å²) < 4.78 is 53.5. The van der Waals surface area contributed by atoms with Gasteiger partial charge in [0.2, 0.25) is 5.91 Å². The fourth-order valence-electron chi connectivity index (χ4n) is 1.76. The quantitative estimate of drug-likeness (QED) is 0.415. The molecule has 0 spiro atoms. The van der Waals surface area contributed by atoms with Crippen LogP contribution >= 0.6 is 11.8 Å². The summed E-state index contributed by atoms with van der Waals surface area (Å²) in [5.41, 5.74) is -3.00. The topological polar surface area (TPSA) is 108 Å². The second-order valence-electron chi connectivity index (χ2n) is 4.66. The van der Waals surface area contributed by atoms with Gasteiger partial charge in [0.15, 0.2) is 28.3 Å². The molecule has 0 fully saturated rings. The number of H-pyrrole nitrogens is 2. The SMILES string of the molecule is CC[C@H](Sc1n[nH]c(=O)[nH]c1=O)C(=O)Nc1c(F)c(F)cc(F)c1F. The minimum Gasteiger partial charge on any atom is -0.320 e. The van der Waals surface area contributed by atoms with Crippen LogP contribution in [-0.2, 0) is 4.79 Å². The first-order chi connectivity index (χ1) is 11.7. The van der Waals surface area contributed by atoms with Crippen LogP contribution in [0, 0.1) is 23.3 Å². The molecule has 0 unspecified atom stereocenters. The van der Waals surface area contributed by atoms with Gasteiger partial charge in [0.1, 0.15) is 5.69 Å². The van der Waals surface area contributed by atoms with Crippen LogP contribution in [-0.4, -0.2) is 26.3 Å². The fraction of sp³-hybridized carbons (Fsp3) is 0.231. The van der Waals surface area contributed by atoms with E-state index in [2.05, 4.69) is 5.10 Å². The van der Waals surface area contributed by atoms with E-state index in [1.165, 1.54) is 6.92 Å². The molecule has 25 heavy (non-hydrogen) atoms. The van der Waals surface area contributed by atoms with E-state index >= 15 is 0 Å². The van der Waals surface area contributed by atoms with E-state index in [1.54, 1.807) is 5.32 Å². The Balaban J connectivity index is 2.27. The molecule has 2 rings (SSSR count). The van der Waals surface area contributed by atoms with E-state index < -0.39 is 51.4 Å². The van der Waals surface area contributed by atoms with Crippen LogP contribution in [0.25, 0.3) is 0 Å². The average Bonchev–Trinajstić information content (AvgIpc) is 2.56. The van der Waals surface area contributed by atoms with Gasteiger partial charge in [0, 0.05) is 6.07 Å². The summed E-state index contributed by atoms with van der Waals surface area (Å²) in [4.78, 5) is 36.5. The van der Waals surface area contributed by atoms with Gasteiger partial charge in [-0.1, -0.05) is 18.7 Å². The van der Waals surface area contributed by atoms with Gasteiger partial charge >= 0.3 is 5.69 Å². The summed E-state index contributed by atoms with van der Waals surface area (Å²) >= 11 is 0.602. The van der Waals surface area contributed by atoms with Crippen molar-refractivity contribution < 1.29 is 22.4 Å². The van der Waals surface area contributed by atoms with E-state index in [1.807, 2.05) is 10.1 Å². The van der Waals surface area contributed by atoms with E-state index in [0.29, 0.717) is 11.8 Å². The highest BCUT2D eigenvalue weighted by atomic mass is 32.2. The lowest BCUT2D eigenvalue weighted by Crippen LogP contribution is -2.29. The summed E-state index contributed by atoms with van der Waals surface area (Å²) in [6.07, 6.45) is 0.0811. The third-order valence-corrected chi connectivity index (χ3v) is 4.29. The van der Waals surface area contributed by atoms with Gasteiger partial charge in [0.05, 0.1) is 5.25 Å². The first-order valence-corrected chi connectivity index (χ1v) is 7.62. The van der Waals surface area contributed by atoms with Crippen molar-refractivity contribution in [2.24, 2.45) is 0 Å². The number of thioether (sulfide) groups is 1. The van der Waals surface area contributed by atoms with Gasteiger partial charge in [-0.15, -0.1) is 0 Å². The molecule has 1 aromatic carbocycles. The highest BCUT2D eigenvalue weighted by molar-refractivity contribution is 8.00. The van der Waals surface area contributed by atoms with Gasteiger partial charge in [-0.2, -0.15) is 5.10 Å². The zero-order chi connectivity index (χ0) is 18.7. The summed E-state index contributed by atoms with van der Waals surface area (Å²) in [6.45, 7) is 1.52. The lowest BCUT2D eigenvalue weighted by molar-refractivity contribution is -0.115. The molecule has 0 aliphatic rings. The van der Waals surface area contributed by atoms with Crippen molar-refractivity contribution in [2.45, 2.75) is 23.6 Å². The number of hydrogen-bond acceptors (Lipinski definition) is 5. The van der Waals surface area contributed by atoms with Crippen molar-refractivity contribution in [3.05, 3.63) is 50.2 Å². The van der Waals surface area contributed by atoms with Crippen molar-refractivity contribution in [3.63, 3.8) is 0 Å². The van der Waals surface area contributed by atoms with Gasteiger partial charge in [-0.05, 0) is 6.42 Å². The molecule has 134 valence electrons. The first kappa shape index (κ1) is 18.7. The van der Waals surface area contributed by atoms with E-state index in [0.717, 1.165) is 0 Å². The van der Waals surface area contributed by atoms with Crippen LogP contribution in [0.5, 0.6) is 0 Å². The normalized spacial score (nSPS) is 12.0. The highest BCUT2D eigenvalue weighted by Crippen LogP contribution is 2.27. The Morgan fingerprint density at radius 3 is 2.36 bits per heavy atom. The molecule has 7 nitrogen and oxygen atoms in total. The number of amides is 1. The Bertz CT molecular complexity index is 904. The van der Waals surface area contributed by atoms with E-state index in [4.69, 9.17) is 0 Å².